The molecule has 1 aromatic carbocycles. The van der Waals surface area contributed by atoms with Crippen LogP contribution >= 0.6 is 11.3 Å². The molecule has 0 atom stereocenters. The lowest BCUT2D eigenvalue weighted by atomic mass is 10.2. The Hall–Kier alpha value is -2.40. The smallest absolute Gasteiger partial charge is 0.248 e. The van der Waals surface area contributed by atoms with Gasteiger partial charge in [0.1, 0.15) is 10.8 Å². The highest BCUT2D eigenvalue weighted by atomic mass is 32.1. The van der Waals surface area contributed by atoms with Gasteiger partial charge in [-0.05, 0) is 30.3 Å². The topological polar surface area (TPSA) is 66.0 Å². The molecule has 0 saturated carbocycles. The van der Waals surface area contributed by atoms with E-state index in [1.807, 2.05) is 23.6 Å². The molecule has 0 amide bonds. The van der Waals surface area contributed by atoms with Crippen molar-refractivity contribution in [2.75, 3.05) is 0 Å². The number of thiazole rings is 1. The molecular formula is C14H10N2O2S. The van der Waals surface area contributed by atoms with Gasteiger partial charge in [0.05, 0.1) is 5.69 Å². The largest absolute Gasteiger partial charge is 0.508 e. The number of aromatic hydroxyl groups is 1. The lowest BCUT2D eigenvalue weighted by Gasteiger charge is -1.97. The van der Waals surface area contributed by atoms with Crippen LogP contribution in [0.2, 0.25) is 0 Å². The van der Waals surface area contributed by atoms with Gasteiger partial charge in [-0.25, -0.2) is 4.98 Å². The van der Waals surface area contributed by atoms with E-state index in [1.54, 1.807) is 18.3 Å². The van der Waals surface area contributed by atoms with E-state index in [9.17, 15) is 9.90 Å². The average Bonchev–Trinajstić information content (AvgIpc) is 2.89. The zero-order chi connectivity index (χ0) is 13.2. The Morgan fingerprint density at radius 1 is 1.11 bits per heavy atom. The van der Waals surface area contributed by atoms with Crippen LogP contribution < -0.4 is 5.56 Å². The second-order valence-electron chi connectivity index (χ2n) is 4.03. The first-order valence-electron chi connectivity index (χ1n) is 5.66. The number of aromatic amines is 1. The number of hydrogen-bond donors (Lipinski definition) is 2. The van der Waals surface area contributed by atoms with Crippen molar-refractivity contribution >= 4 is 11.3 Å². The van der Waals surface area contributed by atoms with Crippen LogP contribution in [0.5, 0.6) is 5.75 Å². The van der Waals surface area contributed by atoms with E-state index in [4.69, 9.17) is 0 Å². The van der Waals surface area contributed by atoms with Gasteiger partial charge in [0.15, 0.2) is 0 Å². The van der Waals surface area contributed by atoms with Gasteiger partial charge in [-0.15, -0.1) is 11.3 Å². The van der Waals surface area contributed by atoms with Crippen molar-refractivity contribution in [3.8, 4) is 27.6 Å². The second-order valence-corrected chi connectivity index (χ2v) is 4.88. The third kappa shape index (κ3) is 2.41. The summed E-state index contributed by atoms with van der Waals surface area (Å²) in [6.45, 7) is 0. The molecule has 0 radical (unpaired) electrons. The predicted octanol–water partition coefficient (Wildman–Crippen LogP) is 2.87. The first-order chi connectivity index (χ1) is 9.22. The molecule has 94 valence electrons. The number of aromatic nitrogens is 2. The summed E-state index contributed by atoms with van der Waals surface area (Å²) in [4.78, 5) is 18.4. The van der Waals surface area contributed by atoms with E-state index in [2.05, 4.69) is 9.97 Å². The lowest BCUT2D eigenvalue weighted by molar-refractivity contribution is 0.475. The van der Waals surface area contributed by atoms with Crippen molar-refractivity contribution in [3.63, 3.8) is 0 Å². The van der Waals surface area contributed by atoms with Crippen LogP contribution in [-0.2, 0) is 0 Å². The standard InChI is InChI=1S/C14H10N2O2S/c17-11-3-1-9(2-4-11)12-8-19-14(16-12)10-5-6-15-13(18)7-10/h1-8,17H,(H,15,18). The van der Waals surface area contributed by atoms with E-state index in [-0.39, 0.29) is 11.3 Å². The first kappa shape index (κ1) is 11.7. The molecule has 4 nitrogen and oxygen atoms in total. The van der Waals surface area contributed by atoms with Crippen molar-refractivity contribution in [1.29, 1.82) is 0 Å². The number of H-pyrrole nitrogens is 1. The fraction of sp³-hybridized carbons (Fsp3) is 0. The van der Waals surface area contributed by atoms with Crippen molar-refractivity contribution in [1.82, 2.24) is 9.97 Å². The summed E-state index contributed by atoms with van der Waals surface area (Å²) in [7, 11) is 0. The van der Waals surface area contributed by atoms with E-state index in [0.717, 1.165) is 21.8 Å². The molecule has 5 heteroatoms. The molecule has 0 unspecified atom stereocenters. The number of nitrogens with zero attached hydrogens (tertiary/aromatic N) is 1. The zero-order valence-corrected chi connectivity index (χ0v) is 10.6. The zero-order valence-electron chi connectivity index (χ0n) is 9.83. The van der Waals surface area contributed by atoms with Gasteiger partial charge in [0.25, 0.3) is 0 Å². The monoisotopic (exact) mass is 270 g/mol. The molecule has 3 aromatic rings. The normalized spacial score (nSPS) is 10.5. The van der Waals surface area contributed by atoms with Gasteiger partial charge in [-0.3, -0.25) is 4.79 Å². The number of phenols is 1. The Balaban J connectivity index is 1.99. The molecule has 2 heterocycles. The predicted molar refractivity (Wildman–Crippen MR) is 75.3 cm³/mol. The van der Waals surface area contributed by atoms with Crippen LogP contribution in [-0.4, -0.2) is 15.1 Å². The van der Waals surface area contributed by atoms with E-state index >= 15 is 0 Å². The highest BCUT2D eigenvalue weighted by Crippen LogP contribution is 2.28. The number of phenolic OH excluding ortho intramolecular Hbond substituents is 1. The van der Waals surface area contributed by atoms with Crippen LogP contribution in [0.25, 0.3) is 21.8 Å². The quantitative estimate of drug-likeness (QED) is 0.752. The van der Waals surface area contributed by atoms with Gasteiger partial charge in [0.2, 0.25) is 5.56 Å². The van der Waals surface area contributed by atoms with Crippen LogP contribution in [0.15, 0.2) is 52.8 Å². The summed E-state index contributed by atoms with van der Waals surface area (Å²) in [6.07, 6.45) is 1.61. The molecular weight excluding hydrogens is 260 g/mol. The fourth-order valence-electron chi connectivity index (χ4n) is 1.75. The molecule has 0 aliphatic rings. The maximum atomic E-state index is 11.3. The molecule has 3 rings (SSSR count). The summed E-state index contributed by atoms with van der Waals surface area (Å²) in [6, 6.07) is 10.2. The van der Waals surface area contributed by atoms with Gasteiger partial charge in [-0.2, -0.15) is 0 Å². The molecule has 0 aliphatic carbocycles. The molecule has 2 aromatic heterocycles. The minimum atomic E-state index is -0.140. The fourth-order valence-corrected chi connectivity index (χ4v) is 2.57. The third-order valence-corrected chi connectivity index (χ3v) is 3.58. The Labute approximate surface area is 113 Å². The molecule has 2 N–H and O–H groups in total. The number of rotatable bonds is 2. The third-order valence-electron chi connectivity index (χ3n) is 2.69. The van der Waals surface area contributed by atoms with Crippen LogP contribution in [0.3, 0.4) is 0 Å². The number of nitrogens with one attached hydrogen (secondary N) is 1. The molecule has 0 fully saturated rings. The van der Waals surface area contributed by atoms with Crippen LogP contribution in [0, 0.1) is 0 Å². The first-order valence-corrected chi connectivity index (χ1v) is 6.54. The van der Waals surface area contributed by atoms with Gasteiger partial charge >= 0.3 is 0 Å². The lowest BCUT2D eigenvalue weighted by Crippen LogP contribution is -2.01. The van der Waals surface area contributed by atoms with Crippen molar-refractivity contribution in [2.24, 2.45) is 0 Å². The summed E-state index contributed by atoms with van der Waals surface area (Å²) >= 11 is 1.48. The number of pyridine rings is 1. The maximum Gasteiger partial charge on any atom is 0.248 e. The number of benzene rings is 1. The highest BCUT2D eigenvalue weighted by molar-refractivity contribution is 7.13. The minimum Gasteiger partial charge on any atom is -0.508 e. The summed E-state index contributed by atoms with van der Waals surface area (Å²) in [5.41, 5.74) is 2.43. The van der Waals surface area contributed by atoms with E-state index < -0.39 is 0 Å². The van der Waals surface area contributed by atoms with E-state index in [0.29, 0.717) is 0 Å². The second kappa shape index (κ2) is 4.70. The van der Waals surface area contributed by atoms with E-state index in [1.165, 1.54) is 17.4 Å². The summed E-state index contributed by atoms with van der Waals surface area (Å²) in [5, 5.41) is 12.0. The van der Waals surface area contributed by atoms with Gasteiger partial charge < -0.3 is 10.1 Å². The SMILES string of the molecule is O=c1cc(-c2nc(-c3ccc(O)cc3)cs2)cc[nH]1. The molecule has 0 aliphatic heterocycles. The molecule has 19 heavy (non-hydrogen) atoms. The maximum absolute atomic E-state index is 11.3. The Morgan fingerprint density at radius 3 is 2.63 bits per heavy atom. The van der Waals surface area contributed by atoms with Crippen LogP contribution in [0.1, 0.15) is 0 Å². The molecule has 0 saturated heterocycles. The summed E-state index contributed by atoms with van der Waals surface area (Å²) in [5.74, 6) is 0.230. The minimum absolute atomic E-state index is 0.140. The molecule has 0 spiro atoms. The van der Waals surface area contributed by atoms with Crippen molar-refractivity contribution in [2.45, 2.75) is 0 Å². The molecule has 0 bridgehead atoms. The van der Waals surface area contributed by atoms with Gasteiger partial charge in [-0.1, -0.05) is 0 Å². The highest BCUT2D eigenvalue weighted by Gasteiger charge is 2.07. The number of hydrogen-bond acceptors (Lipinski definition) is 4. The average molecular weight is 270 g/mol. The van der Waals surface area contributed by atoms with Gasteiger partial charge in [0, 0.05) is 28.8 Å². The Kier molecular flexibility index (Phi) is 2.89. The van der Waals surface area contributed by atoms with Crippen molar-refractivity contribution < 1.29 is 5.11 Å². The Bertz CT molecular complexity index is 759. The van der Waals surface area contributed by atoms with Crippen LogP contribution in [0.4, 0.5) is 0 Å². The van der Waals surface area contributed by atoms with Crippen molar-refractivity contribution in [3.05, 3.63) is 58.3 Å². The Morgan fingerprint density at radius 2 is 1.89 bits per heavy atom. The summed E-state index contributed by atoms with van der Waals surface area (Å²) < 4.78 is 0.